The fraction of sp³-hybridized carbons (Fsp3) is 0.647. The maximum Gasteiger partial charge on any atom is 0.0234 e. The average Bonchev–Trinajstić information content (AvgIpc) is 2.41. The van der Waals surface area contributed by atoms with Crippen LogP contribution in [0.4, 0.5) is 0 Å². The molecule has 3 heteroatoms. The van der Waals surface area contributed by atoms with Gasteiger partial charge in [0.1, 0.15) is 0 Å². The quantitative estimate of drug-likeness (QED) is 0.897. The molecule has 0 saturated carbocycles. The van der Waals surface area contributed by atoms with Gasteiger partial charge >= 0.3 is 0 Å². The second kappa shape index (κ2) is 7.48. The summed E-state index contributed by atoms with van der Waals surface area (Å²) in [4.78, 5) is 2.56. The highest BCUT2D eigenvalue weighted by Gasteiger charge is 2.10. The molecule has 1 N–H and O–H groups in total. The van der Waals surface area contributed by atoms with E-state index in [1.165, 1.54) is 35.7 Å². The minimum Gasteiger partial charge on any atom is -0.312 e. The van der Waals surface area contributed by atoms with Crippen LogP contribution in [0.2, 0.25) is 0 Å². The molecule has 0 unspecified atom stereocenters. The molecule has 1 fully saturated rings. The van der Waals surface area contributed by atoms with E-state index in [1.54, 1.807) is 0 Å². The molecule has 0 aromatic heterocycles. The van der Waals surface area contributed by atoms with Gasteiger partial charge in [-0.15, -0.1) is 0 Å². The molecule has 1 aliphatic heterocycles. The van der Waals surface area contributed by atoms with Crippen molar-refractivity contribution >= 4 is 11.8 Å². The molecule has 0 bridgehead atoms. The van der Waals surface area contributed by atoms with Crippen molar-refractivity contribution < 1.29 is 0 Å². The number of thioether (sulfide) groups is 1. The zero-order valence-corrected chi connectivity index (χ0v) is 13.9. The fourth-order valence-electron chi connectivity index (χ4n) is 2.41. The Kier molecular flexibility index (Phi) is 5.94. The van der Waals surface area contributed by atoms with Gasteiger partial charge in [0.05, 0.1) is 0 Å². The summed E-state index contributed by atoms with van der Waals surface area (Å²) in [5, 5.41) is 3.54. The molecule has 1 aromatic rings. The van der Waals surface area contributed by atoms with Crippen LogP contribution in [0.25, 0.3) is 0 Å². The first-order valence-corrected chi connectivity index (χ1v) is 8.81. The van der Waals surface area contributed by atoms with Crippen molar-refractivity contribution in [3.8, 4) is 0 Å². The molecule has 0 aliphatic carbocycles. The second-order valence-electron chi connectivity index (χ2n) is 6.63. The van der Waals surface area contributed by atoms with Gasteiger partial charge in [0.15, 0.2) is 0 Å². The van der Waals surface area contributed by atoms with Crippen molar-refractivity contribution in [3.63, 3.8) is 0 Å². The molecule has 0 spiro atoms. The predicted molar refractivity (Wildman–Crippen MR) is 90.5 cm³/mol. The molecule has 1 aromatic carbocycles. The highest BCUT2D eigenvalue weighted by molar-refractivity contribution is 7.99. The summed E-state index contributed by atoms with van der Waals surface area (Å²) >= 11 is 2.07. The van der Waals surface area contributed by atoms with Crippen molar-refractivity contribution in [2.24, 2.45) is 0 Å². The minimum atomic E-state index is 0.214. The van der Waals surface area contributed by atoms with Crippen LogP contribution in [-0.4, -0.2) is 41.6 Å². The fourth-order valence-corrected chi connectivity index (χ4v) is 3.39. The van der Waals surface area contributed by atoms with Gasteiger partial charge in [-0.3, -0.25) is 4.90 Å². The molecule has 2 rings (SSSR count). The molecule has 1 saturated heterocycles. The van der Waals surface area contributed by atoms with Crippen LogP contribution in [0.5, 0.6) is 0 Å². The van der Waals surface area contributed by atoms with Crippen LogP contribution in [0.3, 0.4) is 0 Å². The molecular weight excluding hydrogens is 264 g/mol. The summed E-state index contributed by atoms with van der Waals surface area (Å²) < 4.78 is 0. The van der Waals surface area contributed by atoms with Crippen molar-refractivity contribution in [3.05, 3.63) is 35.4 Å². The summed E-state index contributed by atoms with van der Waals surface area (Å²) in [6.45, 7) is 11.3. The first kappa shape index (κ1) is 15.9. The summed E-state index contributed by atoms with van der Waals surface area (Å²) in [5.74, 6) is 2.58. The highest BCUT2D eigenvalue weighted by Crippen LogP contribution is 2.13. The van der Waals surface area contributed by atoms with Crippen LogP contribution < -0.4 is 5.32 Å². The lowest BCUT2D eigenvalue weighted by Crippen LogP contribution is -2.37. The molecule has 1 aliphatic rings. The molecule has 20 heavy (non-hydrogen) atoms. The molecule has 2 nitrogen and oxygen atoms in total. The van der Waals surface area contributed by atoms with E-state index in [2.05, 4.69) is 67.0 Å². The van der Waals surface area contributed by atoms with Gasteiger partial charge < -0.3 is 5.32 Å². The van der Waals surface area contributed by atoms with E-state index in [0.717, 1.165) is 19.5 Å². The predicted octanol–water partition coefficient (Wildman–Crippen LogP) is 3.17. The number of hydrogen-bond donors (Lipinski definition) is 1. The Morgan fingerprint density at radius 1 is 1.05 bits per heavy atom. The maximum atomic E-state index is 3.54. The van der Waals surface area contributed by atoms with Crippen molar-refractivity contribution in [1.82, 2.24) is 10.2 Å². The van der Waals surface area contributed by atoms with Crippen molar-refractivity contribution in [2.45, 2.75) is 39.3 Å². The Morgan fingerprint density at radius 3 is 2.25 bits per heavy atom. The van der Waals surface area contributed by atoms with E-state index in [1.807, 2.05) is 0 Å². The molecule has 0 radical (unpaired) electrons. The number of nitrogens with one attached hydrogen (secondary N) is 1. The van der Waals surface area contributed by atoms with Crippen LogP contribution in [0, 0.1) is 0 Å². The number of nitrogens with zero attached hydrogens (tertiary/aromatic N) is 1. The Labute approximate surface area is 128 Å². The second-order valence-corrected chi connectivity index (χ2v) is 7.86. The minimum absolute atomic E-state index is 0.214. The maximum absolute atomic E-state index is 3.54. The Balaban J connectivity index is 1.77. The summed E-state index contributed by atoms with van der Waals surface area (Å²) in [6, 6.07) is 9.18. The number of hydrogen-bond acceptors (Lipinski definition) is 3. The zero-order valence-electron chi connectivity index (χ0n) is 13.1. The Bertz CT molecular complexity index is 388. The van der Waals surface area contributed by atoms with Gasteiger partial charge in [0.25, 0.3) is 0 Å². The van der Waals surface area contributed by atoms with Crippen molar-refractivity contribution in [1.29, 1.82) is 0 Å². The highest BCUT2D eigenvalue weighted by atomic mass is 32.2. The van der Waals surface area contributed by atoms with E-state index in [-0.39, 0.29) is 5.54 Å². The molecule has 1 heterocycles. The lowest BCUT2D eigenvalue weighted by atomic mass is 10.1. The van der Waals surface area contributed by atoms with Gasteiger partial charge in [-0.25, -0.2) is 0 Å². The Hall–Kier alpha value is -0.510. The van der Waals surface area contributed by atoms with Gasteiger partial charge in [-0.2, -0.15) is 11.8 Å². The largest absolute Gasteiger partial charge is 0.312 e. The smallest absolute Gasteiger partial charge is 0.0234 e. The topological polar surface area (TPSA) is 15.3 Å². The molecule has 112 valence electrons. The van der Waals surface area contributed by atoms with Crippen LogP contribution in [-0.2, 0) is 13.0 Å². The van der Waals surface area contributed by atoms with Gasteiger partial charge in [-0.05, 0) is 44.9 Å². The Morgan fingerprint density at radius 2 is 1.65 bits per heavy atom. The third-order valence-corrected chi connectivity index (χ3v) is 4.54. The van der Waals surface area contributed by atoms with Gasteiger partial charge in [0.2, 0.25) is 0 Å². The summed E-state index contributed by atoms with van der Waals surface area (Å²) in [6.07, 6.45) is 1.11. The van der Waals surface area contributed by atoms with Gasteiger partial charge in [0, 0.05) is 36.7 Å². The summed E-state index contributed by atoms with van der Waals surface area (Å²) in [7, 11) is 0. The van der Waals surface area contributed by atoms with Crippen LogP contribution in [0.1, 0.15) is 31.9 Å². The van der Waals surface area contributed by atoms with E-state index < -0.39 is 0 Å². The zero-order chi connectivity index (χ0) is 14.4. The SMILES string of the molecule is CC(C)(C)NCCc1ccc(CN2CCSCC2)cc1. The van der Waals surface area contributed by atoms with Crippen molar-refractivity contribution in [2.75, 3.05) is 31.1 Å². The monoisotopic (exact) mass is 292 g/mol. The lowest BCUT2D eigenvalue weighted by Gasteiger charge is -2.26. The molecule has 0 atom stereocenters. The van der Waals surface area contributed by atoms with Gasteiger partial charge in [-0.1, -0.05) is 24.3 Å². The van der Waals surface area contributed by atoms with E-state index in [9.17, 15) is 0 Å². The molecular formula is C17H28N2S. The number of benzene rings is 1. The first-order valence-electron chi connectivity index (χ1n) is 7.66. The van der Waals surface area contributed by atoms with Crippen LogP contribution >= 0.6 is 11.8 Å². The summed E-state index contributed by atoms with van der Waals surface area (Å²) in [5.41, 5.74) is 3.09. The third-order valence-electron chi connectivity index (χ3n) is 3.60. The third kappa shape index (κ3) is 5.86. The first-order chi connectivity index (χ1) is 9.53. The van der Waals surface area contributed by atoms with Crippen LogP contribution in [0.15, 0.2) is 24.3 Å². The van der Waals surface area contributed by atoms with E-state index in [0.29, 0.717) is 0 Å². The number of rotatable bonds is 5. The normalized spacial score (nSPS) is 17.4. The standard InChI is InChI=1S/C17H28N2S/c1-17(2,3)18-9-8-15-4-6-16(7-5-15)14-19-10-12-20-13-11-19/h4-7,18H,8-14H2,1-3H3. The average molecular weight is 292 g/mol. The van der Waals surface area contributed by atoms with E-state index in [4.69, 9.17) is 0 Å². The lowest BCUT2D eigenvalue weighted by molar-refractivity contribution is 0.294. The van der Waals surface area contributed by atoms with E-state index >= 15 is 0 Å². The molecule has 0 amide bonds.